The Hall–Kier alpha value is -3.50. The largest absolute Gasteiger partial charge is 0.492 e. The number of amides is 3. The lowest BCUT2D eigenvalue weighted by Gasteiger charge is -2.24. The molecule has 2 aliphatic rings. The molecule has 9 N–H and O–H groups in total. The highest BCUT2D eigenvalue weighted by molar-refractivity contribution is 6.62. The van der Waals surface area contributed by atoms with Gasteiger partial charge in [-0.2, -0.15) is 13.2 Å². The quantitative estimate of drug-likeness (QED) is 0.196. The van der Waals surface area contributed by atoms with E-state index in [0.717, 1.165) is 17.7 Å². The molecule has 2 aliphatic heterocycles. The maximum Gasteiger partial charge on any atom is 0.492 e. The van der Waals surface area contributed by atoms with E-state index >= 15 is 0 Å². The van der Waals surface area contributed by atoms with Crippen molar-refractivity contribution in [1.29, 1.82) is 0 Å². The molecule has 0 bridgehead atoms. The Morgan fingerprint density at radius 3 is 2.47 bits per heavy atom. The van der Waals surface area contributed by atoms with Gasteiger partial charge in [-0.15, -0.1) is 0 Å². The molecule has 45 heavy (non-hydrogen) atoms. The highest BCUT2D eigenvalue weighted by atomic mass is 19.4. The van der Waals surface area contributed by atoms with Gasteiger partial charge in [0.05, 0.1) is 17.2 Å². The Bertz CT molecular complexity index is 1390. The molecule has 0 aliphatic carbocycles. The zero-order chi connectivity index (χ0) is 33.1. The van der Waals surface area contributed by atoms with Gasteiger partial charge < -0.3 is 42.4 Å². The molecule has 1 saturated heterocycles. The van der Waals surface area contributed by atoms with Crippen LogP contribution in [0, 0.1) is 0 Å². The summed E-state index contributed by atoms with van der Waals surface area (Å²) < 4.78 is 44.6. The van der Waals surface area contributed by atoms with Gasteiger partial charge in [0.2, 0.25) is 17.7 Å². The first-order valence-corrected chi connectivity index (χ1v) is 14.9. The van der Waals surface area contributed by atoms with Gasteiger partial charge in [-0.1, -0.05) is 18.2 Å². The third-order valence-corrected chi connectivity index (χ3v) is 8.32. The number of fused-ring (bicyclic) bond motifs is 1. The lowest BCUT2D eigenvalue weighted by molar-refractivity contribution is -0.137. The van der Waals surface area contributed by atoms with E-state index in [4.69, 9.17) is 21.9 Å². The molecule has 4 atom stereocenters. The fourth-order valence-electron chi connectivity index (χ4n) is 5.78. The molecule has 4 rings (SSSR count). The second kappa shape index (κ2) is 13.9. The van der Waals surface area contributed by atoms with Crippen molar-refractivity contribution in [3.63, 3.8) is 0 Å². The molecule has 0 aromatic heterocycles. The van der Waals surface area contributed by atoms with Gasteiger partial charge in [-0.05, 0) is 80.4 Å². The Morgan fingerprint density at radius 2 is 1.82 bits per heavy atom. The average molecular weight is 632 g/mol. The second-order valence-electron chi connectivity index (χ2n) is 12.1. The summed E-state index contributed by atoms with van der Waals surface area (Å²) >= 11 is 0. The molecule has 2 aromatic rings. The summed E-state index contributed by atoms with van der Waals surface area (Å²) in [7, 11) is -1.18. The molecule has 0 saturated carbocycles. The van der Waals surface area contributed by atoms with Crippen LogP contribution in [-0.2, 0) is 37.2 Å². The maximum atomic E-state index is 13.4. The van der Waals surface area contributed by atoms with Crippen molar-refractivity contribution in [3.05, 3.63) is 59.2 Å². The van der Waals surface area contributed by atoms with Crippen LogP contribution < -0.4 is 33.3 Å². The van der Waals surface area contributed by atoms with E-state index in [2.05, 4.69) is 10.6 Å². The van der Waals surface area contributed by atoms with Crippen molar-refractivity contribution in [1.82, 2.24) is 10.2 Å². The molecule has 2 heterocycles. The highest BCUT2D eigenvalue weighted by Crippen LogP contribution is 2.31. The Balaban J connectivity index is 1.43. The smallest absolute Gasteiger partial charge is 0.423 e. The van der Waals surface area contributed by atoms with Gasteiger partial charge in [-0.25, -0.2) is 0 Å². The molecule has 15 heteroatoms. The van der Waals surface area contributed by atoms with E-state index in [0.29, 0.717) is 29.7 Å². The number of alkyl halides is 3. The summed E-state index contributed by atoms with van der Waals surface area (Å²) in [6, 6.07) is 6.93. The van der Waals surface area contributed by atoms with Crippen LogP contribution in [0.3, 0.4) is 0 Å². The van der Waals surface area contributed by atoms with Crippen molar-refractivity contribution in [2.24, 2.45) is 17.2 Å². The fourth-order valence-corrected chi connectivity index (χ4v) is 5.78. The zero-order valence-corrected chi connectivity index (χ0v) is 25.3. The fraction of sp³-hybridized carbons (Fsp3) is 0.500. The van der Waals surface area contributed by atoms with Crippen LogP contribution in [0.5, 0.6) is 0 Å². The number of nitrogens with two attached hydrogens (primary N) is 3. The lowest BCUT2D eigenvalue weighted by Crippen LogP contribution is -2.50. The number of halogens is 3. The minimum Gasteiger partial charge on any atom is -0.423 e. The topological polar surface area (TPSA) is 186 Å². The standard InChI is InChI=1S/C30H40BF3N6O5/c1-29(2)22-9-8-20(14-23(22)31(44)45-29)38-28(43)25(11-5-17-3-6-18(7-4-17)30(32,33)34)39-27(42)24(37)10-12-26(41)40-16-19(36)13-21(40)15-35/h3-4,6-9,14,19,21,24-25,44H,5,10-13,15-16,35-37H2,1-2H3,(H,38,43)(H,39,42). The van der Waals surface area contributed by atoms with E-state index in [1.165, 1.54) is 12.1 Å². The van der Waals surface area contributed by atoms with Gasteiger partial charge in [0, 0.05) is 37.3 Å². The van der Waals surface area contributed by atoms with Gasteiger partial charge in [0.25, 0.3) is 0 Å². The van der Waals surface area contributed by atoms with Crippen LogP contribution in [0.2, 0.25) is 0 Å². The van der Waals surface area contributed by atoms with Crippen molar-refractivity contribution in [2.45, 2.75) is 81.9 Å². The number of hydrogen-bond donors (Lipinski definition) is 6. The SMILES string of the molecule is CC1(C)OB(O)c2cc(NC(=O)C(CCc3ccc(C(F)(F)F)cc3)NC(=O)C(N)CCC(=O)N3CC(N)CC3CN)ccc21. The minimum atomic E-state index is -4.48. The number of nitrogens with one attached hydrogen (secondary N) is 2. The lowest BCUT2D eigenvalue weighted by atomic mass is 9.78. The molecule has 2 aromatic carbocycles. The maximum absolute atomic E-state index is 13.4. The number of nitrogens with zero attached hydrogens (tertiary/aromatic N) is 1. The first-order chi connectivity index (χ1) is 21.1. The number of rotatable bonds is 11. The normalized spacial score (nSPS) is 20.5. The summed E-state index contributed by atoms with van der Waals surface area (Å²) in [6.07, 6.45) is -3.68. The van der Waals surface area contributed by atoms with Crippen LogP contribution in [0.25, 0.3) is 0 Å². The first-order valence-electron chi connectivity index (χ1n) is 14.9. The third-order valence-electron chi connectivity index (χ3n) is 8.32. The third kappa shape index (κ3) is 8.41. The van der Waals surface area contributed by atoms with Crippen molar-refractivity contribution in [3.8, 4) is 0 Å². The average Bonchev–Trinajstić information content (AvgIpc) is 3.47. The zero-order valence-electron chi connectivity index (χ0n) is 25.3. The molecular formula is C30H40BF3N6O5. The molecule has 11 nitrogen and oxygen atoms in total. The van der Waals surface area contributed by atoms with E-state index in [1.807, 2.05) is 0 Å². The highest BCUT2D eigenvalue weighted by Gasteiger charge is 2.41. The second-order valence-corrected chi connectivity index (χ2v) is 12.1. The number of benzene rings is 2. The molecule has 1 fully saturated rings. The van der Waals surface area contributed by atoms with Gasteiger partial charge in [0.1, 0.15) is 6.04 Å². The number of likely N-dealkylation sites (tertiary alicyclic amines) is 1. The Labute approximate surface area is 260 Å². The van der Waals surface area contributed by atoms with Crippen molar-refractivity contribution >= 4 is 36.0 Å². The molecule has 0 radical (unpaired) electrons. The number of aryl methyl sites for hydroxylation is 1. The monoisotopic (exact) mass is 632 g/mol. The molecule has 3 amide bonds. The van der Waals surface area contributed by atoms with E-state index in [1.54, 1.807) is 36.9 Å². The predicted octanol–water partition coefficient (Wildman–Crippen LogP) is 0.709. The predicted molar refractivity (Wildman–Crippen MR) is 163 cm³/mol. The van der Waals surface area contributed by atoms with Crippen LogP contribution in [0.4, 0.5) is 18.9 Å². The first kappa shape index (κ1) is 34.4. The Kier molecular flexibility index (Phi) is 10.6. The van der Waals surface area contributed by atoms with E-state index < -0.39 is 48.4 Å². The molecule has 4 unspecified atom stereocenters. The van der Waals surface area contributed by atoms with Crippen molar-refractivity contribution in [2.75, 3.05) is 18.4 Å². The van der Waals surface area contributed by atoms with Gasteiger partial charge >= 0.3 is 13.3 Å². The number of carbonyl (C=O) groups excluding carboxylic acids is 3. The van der Waals surface area contributed by atoms with E-state index in [9.17, 15) is 32.6 Å². The summed E-state index contributed by atoms with van der Waals surface area (Å²) in [5.41, 5.74) is 18.5. The van der Waals surface area contributed by atoms with Crippen LogP contribution in [0.1, 0.15) is 56.2 Å². The number of hydrogen-bond acceptors (Lipinski definition) is 8. The summed E-state index contributed by atoms with van der Waals surface area (Å²) in [6.45, 7) is 4.26. The minimum absolute atomic E-state index is 0.0133. The number of anilines is 1. The molecule has 244 valence electrons. The van der Waals surface area contributed by atoms with E-state index in [-0.39, 0.29) is 50.2 Å². The van der Waals surface area contributed by atoms with Crippen LogP contribution >= 0.6 is 0 Å². The van der Waals surface area contributed by atoms with Gasteiger partial charge in [0.15, 0.2) is 0 Å². The molecular weight excluding hydrogens is 592 g/mol. The van der Waals surface area contributed by atoms with Crippen LogP contribution in [-0.4, -0.2) is 72.0 Å². The summed E-state index contributed by atoms with van der Waals surface area (Å²) in [5.74, 6) is -1.48. The van der Waals surface area contributed by atoms with Crippen molar-refractivity contribution < 1.29 is 37.2 Å². The number of carbonyl (C=O) groups is 3. The molecule has 0 spiro atoms. The van der Waals surface area contributed by atoms with Crippen LogP contribution in [0.15, 0.2) is 42.5 Å². The summed E-state index contributed by atoms with van der Waals surface area (Å²) in [5, 5.41) is 15.7. The summed E-state index contributed by atoms with van der Waals surface area (Å²) in [4.78, 5) is 40.9. The Morgan fingerprint density at radius 1 is 1.13 bits per heavy atom. The van der Waals surface area contributed by atoms with Gasteiger partial charge in [-0.3, -0.25) is 14.4 Å².